The lowest BCUT2D eigenvalue weighted by atomic mass is 10.0. The van der Waals surface area contributed by atoms with Gasteiger partial charge in [-0.2, -0.15) is 5.26 Å². The van der Waals surface area contributed by atoms with Crippen LogP contribution in [0.15, 0.2) is 29.1 Å². The van der Waals surface area contributed by atoms with Gasteiger partial charge in [-0.25, -0.2) is 0 Å². The van der Waals surface area contributed by atoms with Gasteiger partial charge in [-0.1, -0.05) is 0 Å². The normalized spacial score (nSPS) is 10.3. The van der Waals surface area contributed by atoms with Gasteiger partial charge >= 0.3 is 0 Å². The number of nitrogens with zero attached hydrogens (tertiary/aromatic N) is 3. The van der Waals surface area contributed by atoms with Gasteiger partial charge < -0.3 is 14.6 Å². The number of aromatic hydroxyl groups is 1. The van der Waals surface area contributed by atoms with Crippen LogP contribution in [0.2, 0.25) is 0 Å². The number of pyridine rings is 1. The number of non-ortho nitro benzene ring substituents is 1. The number of aromatic nitrogens is 1. The maximum absolute atomic E-state index is 12.6. The van der Waals surface area contributed by atoms with E-state index in [0.29, 0.717) is 0 Å². The molecule has 10 heteroatoms. The second-order valence-electron chi connectivity index (χ2n) is 5.72. The van der Waals surface area contributed by atoms with Gasteiger partial charge in [0.25, 0.3) is 11.2 Å². The van der Waals surface area contributed by atoms with Gasteiger partial charge in [0.1, 0.15) is 17.4 Å². The van der Waals surface area contributed by atoms with E-state index >= 15 is 0 Å². The zero-order valence-corrected chi connectivity index (χ0v) is 15.2. The number of methoxy groups -OCH3 is 1. The molecule has 10 nitrogen and oxygen atoms in total. The van der Waals surface area contributed by atoms with E-state index in [0.717, 1.165) is 4.57 Å². The van der Waals surface area contributed by atoms with Crippen molar-refractivity contribution < 1.29 is 24.3 Å². The minimum Gasteiger partial charge on any atom is -0.494 e. The van der Waals surface area contributed by atoms with Gasteiger partial charge in [0.05, 0.1) is 23.6 Å². The van der Waals surface area contributed by atoms with Crippen molar-refractivity contribution in [2.45, 2.75) is 13.5 Å². The zero-order valence-electron chi connectivity index (χ0n) is 15.2. The van der Waals surface area contributed by atoms with Gasteiger partial charge in [0, 0.05) is 19.2 Å². The Labute approximate surface area is 159 Å². The average Bonchev–Trinajstić information content (AvgIpc) is 2.67. The highest BCUT2D eigenvalue weighted by molar-refractivity contribution is 6.01. The van der Waals surface area contributed by atoms with E-state index in [1.165, 1.54) is 38.3 Å². The predicted octanol–water partition coefficient (Wildman–Crippen LogP) is 1.55. The molecule has 1 N–H and O–H groups in total. The van der Waals surface area contributed by atoms with E-state index in [2.05, 4.69) is 0 Å². The van der Waals surface area contributed by atoms with Crippen molar-refractivity contribution in [1.82, 2.24) is 4.57 Å². The summed E-state index contributed by atoms with van der Waals surface area (Å²) < 4.78 is 11.1. The Morgan fingerprint density at radius 1 is 1.36 bits per heavy atom. The van der Waals surface area contributed by atoms with E-state index in [9.17, 15) is 30.1 Å². The Morgan fingerprint density at radius 3 is 2.54 bits per heavy atom. The van der Waals surface area contributed by atoms with Gasteiger partial charge in [0.15, 0.2) is 6.61 Å². The lowest BCUT2D eigenvalue weighted by molar-refractivity contribution is -0.384. The fourth-order valence-corrected chi connectivity index (χ4v) is 2.56. The molecule has 0 aliphatic carbocycles. The van der Waals surface area contributed by atoms with Crippen LogP contribution in [0, 0.1) is 28.4 Å². The molecule has 0 bridgehead atoms. The van der Waals surface area contributed by atoms with Crippen LogP contribution < -0.4 is 10.3 Å². The lowest BCUT2D eigenvalue weighted by Gasteiger charge is -2.15. The maximum Gasteiger partial charge on any atom is 0.271 e. The van der Waals surface area contributed by atoms with E-state index < -0.39 is 28.8 Å². The molecule has 1 aromatic heterocycles. The molecule has 28 heavy (non-hydrogen) atoms. The summed E-state index contributed by atoms with van der Waals surface area (Å²) in [6, 6.07) is 6.86. The molecule has 1 heterocycles. The minimum absolute atomic E-state index is 0.0420. The largest absolute Gasteiger partial charge is 0.494 e. The standard InChI is InChI=1S/C18H17N3O7/c1-11-14(9-19)17(23)20(7-8-27-2)18(24)16(11)15(22)10-28-13-5-3-12(4-6-13)21(25)26/h3-6,24H,7-8,10H2,1-2H3. The Morgan fingerprint density at radius 2 is 2.00 bits per heavy atom. The Kier molecular flexibility index (Phi) is 6.46. The molecule has 0 atom stereocenters. The Balaban J connectivity index is 2.32. The van der Waals surface area contributed by atoms with Crippen molar-refractivity contribution in [3.05, 3.63) is 61.4 Å². The Bertz CT molecular complexity index is 1000. The SMILES string of the molecule is COCCn1c(O)c(C(=O)COc2ccc([N+](=O)[O-])cc2)c(C)c(C#N)c1=O. The molecule has 0 unspecified atom stereocenters. The number of hydrogen-bond acceptors (Lipinski definition) is 8. The highest BCUT2D eigenvalue weighted by Crippen LogP contribution is 2.23. The fourth-order valence-electron chi connectivity index (χ4n) is 2.56. The molecule has 0 fully saturated rings. The molecule has 0 saturated carbocycles. The van der Waals surface area contributed by atoms with Gasteiger partial charge in [-0.05, 0) is 24.6 Å². The number of carbonyl (C=O) groups excluding carboxylic acids is 1. The molecule has 0 saturated heterocycles. The molecule has 0 radical (unpaired) electrons. The first-order valence-electron chi connectivity index (χ1n) is 8.07. The number of carbonyl (C=O) groups is 1. The highest BCUT2D eigenvalue weighted by Gasteiger charge is 2.24. The fraction of sp³-hybridized carbons (Fsp3) is 0.278. The molecule has 0 aliphatic heterocycles. The van der Waals surface area contributed by atoms with Crippen molar-refractivity contribution in [3.63, 3.8) is 0 Å². The van der Waals surface area contributed by atoms with Crippen LogP contribution in [0.4, 0.5) is 5.69 Å². The molecule has 0 aliphatic rings. The zero-order chi connectivity index (χ0) is 20.8. The van der Waals surface area contributed by atoms with E-state index in [4.69, 9.17) is 9.47 Å². The van der Waals surface area contributed by atoms with Gasteiger partial charge in [-0.15, -0.1) is 0 Å². The number of benzene rings is 1. The summed E-state index contributed by atoms with van der Waals surface area (Å²) >= 11 is 0. The van der Waals surface area contributed by atoms with Crippen molar-refractivity contribution >= 4 is 11.5 Å². The number of nitriles is 1. The number of hydrogen-bond donors (Lipinski definition) is 1. The molecule has 146 valence electrons. The third-order valence-corrected chi connectivity index (χ3v) is 4.02. The van der Waals surface area contributed by atoms with Crippen molar-refractivity contribution in [2.75, 3.05) is 20.3 Å². The van der Waals surface area contributed by atoms with Crippen LogP contribution >= 0.6 is 0 Å². The van der Waals surface area contributed by atoms with E-state index in [-0.39, 0.29) is 41.3 Å². The van der Waals surface area contributed by atoms with Crippen molar-refractivity contribution in [3.8, 4) is 17.7 Å². The molecule has 0 spiro atoms. The first-order valence-corrected chi connectivity index (χ1v) is 8.07. The van der Waals surface area contributed by atoms with E-state index in [1.807, 2.05) is 0 Å². The molecular weight excluding hydrogens is 370 g/mol. The Hall–Kier alpha value is -3.71. The maximum atomic E-state index is 12.6. The highest BCUT2D eigenvalue weighted by atomic mass is 16.6. The second kappa shape index (κ2) is 8.79. The smallest absolute Gasteiger partial charge is 0.271 e. The summed E-state index contributed by atoms with van der Waals surface area (Å²) in [4.78, 5) is 35.0. The predicted molar refractivity (Wildman–Crippen MR) is 96.6 cm³/mol. The summed E-state index contributed by atoms with van der Waals surface area (Å²) in [7, 11) is 1.41. The van der Waals surface area contributed by atoms with Crippen LogP contribution in [0.3, 0.4) is 0 Å². The number of Topliss-reactive ketones (excluding diaryl/α,β-unsaturated/α-hetero) is 1. The molecular formula is C18H17N3O7. The first kappa shape index (κ1) is 20.6. The summed E-state index contributed by atoms with van der Waals surface area (Å²) in [5.41, 5.74) is -1.25. The summed E-state index contributed by atoms with van der Waals surface area (Å²) in [6.07, 6.45) is 0. The summed E-state index contributed by atoms with van der Waals surface area (Å²) in [6.45, 7) is 0.937. The van der Waals surface area contributed by atoms with Crippen LogP contribution in [0.5, 0.6) is 11.6 Å². The average molecular weight is 387 g/mol. The van der Waals surface area contributed by atoms with Crippen molar-refractivity contribution in [2.24, 2.45) is 0 Å². The number of nitro benzene ring substituents is 1. The van der Waals surface area contributed by atoms with Gasteiger partial charge in [0.2, 0.25) is 11.7 Å². The number of nitro groups is 1. The summed E-state index contributed by atoms with van der Waals surface area (Å²) in [5.74, 6) is -1.02. The molecule has 2 rings (SSSR count). The van der Waals surface area contributed by atoms with Crippen LogP contribution in [0.25, 0.3) is 0 Å². The summed E-state index contributed by atoms with van der Waals surface area (Å²) in [5, 5.41) is 30.3. The third-order valence-electron chi connectivity index (χ3n) is 4.02. The van der Waals surface area contributed by atoms with Gasteiger partial charge in [-0.3, -0.25) is 24.3 Å². The lowest BCUT2D eigenvalue weighted by Crippen LogP contribution is -2.29. The molecule has 0 amide bonds. The minimum atomic E-state index is -0.720. The van der Waals surface area contributed by atoms with Crippen LogP contribution in [-0.4, -0.2) is 40.7 Å². The topological polar surface area (TPSA) is 145 Å². The number of ether oxygens (including phenoxy) is 2. The second-order valence-corrected chi connectivity index (χ2v) is 5.72. The number of ketones is 1. The monoisotopic (exact) mass is 387 g/mol. The molecule has 2 aromatic rings. The third kappa shape index (κ3) is 4.16. The van der Waals surface area contributed by atoms with Crippen LogP contribution in [0.1, 0.15) is 21.5 Å². The number of rotatable bonds is 8. The van der Waals surface area contributed by atoms with E-state index in [1.54, 1.807) is 6.07 Å². The quantitative estimate of drug-likeness (QED) is 0.408. The first-order chi connectivity index (χ1) is 13.3. The molecule has 1 aromatic carbocycles. The van der Waals surface area contributed by atoms with Crippen LogP contribution in [-0.2, 0) is 11.3 Å². The van der Waals surface area contributed by atoms with Crippen molar-refractivity contribution in [1.29, 1.82) is 5.26 Å².